The minimum atomic E-state index is 0.165. The number of ether oxygens (including phenoxy) is 1. The van der Waals surface area contributed by atoms with Crippen molar-refractivity contribution in [1.29, 1.82) is 0 Å². The summed E-state index contributed by atoms with van der Waals surface area (Å²) in [7, 11) is 0. The summed E-state index contributed by atoms with van der Waals surface area (Å²) in [6.45, 7) is 0.802. The standard InChI is InChI=1S/C13H19N3O/c1-2-4-13(5-3-1)8-11(10-17-13)16-12-9-14-6-7-15-12/h6-7,9,11H,1-5,8,10H2,(H,15,16). The van der Waals surface area contributed by atoms with Gasteiger partial charge in [0.25, 0.3) is 0 Å². The molecule has 17 heavy (non-hydrogen) atoms. The molecule has 1 saturated heterocycles. The lowest BCUT2D eigenvalue weighted by atomic mass is 9.82. The van der Waals surface area contributed by atoms with Gasteiger partial charge in [-0.1, -0.05) is 19.3 Å². The summed E-state index contributed by atoms with van der Waals surface area (Å²) >= 11 is 0. The Morgan fingerprint density at radius 1 is 1.24 bits per heavy atom. The number of rotatable bonds is 2. The number of nitrogens with zero attached hydrogens (tertiary/aromatic N) is 2. The van der Waals surface area contributed by atoms with E-state index in [1.165, 1.54) is 32.1 Å². The highest BCUT2D eigenvalue weighted by atomic mass is 16.5. The average Bonchev–Trinajstić information content (AvgIpc) is 2.74. The van der Waals surface area contributed by atoms with E-state index in [2.05, 4.69) is 15.3 Å². The van der Waals surface area contributed by atoms with Crippen molar-refractivity contribution in [2.75, 3.05) is 11.9 Å². The number of hydrogen-bond donors (Lipinski definition) is 1. The summed E-state index contributed by atoms with van der Waals surface area (Å²) in [5.41, 5.74) is 0.165. The molecule has 2 heterocycles. The van der Waals surface area contributed by atoms with Gasteiger partial charge in [-0.3, -0.25) is 4.98 Å². The fourth-order valence-corrected chi connectivity index (χ4v) is 3.06. The second-order valence-electron chi connectivity index (χ2n) is 5.19. The molecule has 1 aliphatic heterocycles. The Hall–Kier alpha value is -1.16. The number of nitrogens with one attached hydrogen (secondary N) is 1. The summed E-state index contributed by atoms with van der Waals surface area (Å²) < 4.78 is 6.06. The normalized spacial score (nSPS) is 27.2. The van der Waals surface area contributed by atoms with Crippen LogP contribution in [0, 0.1) is 0 Å². The van der Waals surface area contributed by atoms with Crippen LogP contribution in [-0.2, 0) is 4.74 Å². The lowest BCUT2D eigenvalue weighted by molar-refractivity contribution is -0.0244. The van der Waals surface area contributed by atoms with Crippen molar-refractivity contribution in [2.24, 2.45) is 0 Å². The van der Waals surface area contributed by atoms with Crippen LogP contribution >= 0.6 is 0 Å². The van der Waals surface area contributed by atoms with Crippen molar-refractivity contribution in [3.05, 3.63) is 18.6 Å². The number of anilines is 1. The van der Waals surface area contributed by atoms with E-state index in [-0.39, 0.29) is 5.60 Å². The van der Waals surface area contributed by atoms with Gasteiger partial charge in [0.2, 0.25) is 0 Å². The molecule has 1 atom stereocenters. The van der Waals surface area contributed by atoms with Crippen molar-refractivity contribution in [3.8, 4) is 0 Å². The zero-order valence-electron chi connectivity index (χ0n) is 10.1. The van der Waals surface area contributed by atoms with Crippen molar-refractivity contribution in [3.63, 3.8) is 0 Å². The second kappa shape index (κ2) is 4.61. The van der Waals surface area contributed by atoms with E-state index in [4.69, 9.17) is 4.74 Å². The van der Waals surface area contributed by atoms with Gasteiger partial charge in [-0.2, -0.15) is 0 Å². The van der Waals surface area contributed by atoms with Gasteiger partial charge in [-0.15, -0.1) is 0 Å². The molecule has 2 aliphatic rings. The molecule has 0 bridgehead atoms. The van der Waals surface area contributed by atoms with Crippen LogP contribution in [0.15, 0.2) is 18.6 Å². The van der Waals surface area contributed by atoms with E-state index in [1.807, 2.05) is 0 Å². The van der Waals surface area contributed by atoms with Crippen LogP contribution in [0.3, 0.4) is 0 Å². The monoisotopic (exact) mass is 233 g/mol. The van der Waals surface area contributed by atoms with Crippen LogP contribution in [0.2, 0.25) is 0 Å². The smallest absolute Gasteiger partial charge is 0.144 e. The lowest BCUT2D eigenvalue weighted by Crippen LogP contribution is -2.31. The summed E-state index contributed by atoms with van der Waals surface area (Å²) in [5, 5.41) is 3.41. The predicted octanol–water partition coefficient (Wildman–Crippen LogP) is 2.38. The molecule has 1 aromatic rings. The Labute approximate surface area is 102 Å². The van der Waals surface area contributed by atoms with E-state index in [0.717, 1.165) is 18.8 Å². The SMILES string of the molecule is c1cnc(NC2COC3(CCCCC3)C2)cn1. The molecule has 1 saturated carbocycles. The average molecular weight is 233 g/mol. The van der Waals surface area contributed by atoms with E-state index < -0.39 is 0 Å². The van der Waals surface area contributed by atoms with E-state index in [0.29, 0.717) is 6.04 Å². The largest absolute Gasteiger partial charge is 0.373 e. The second-order valence-corrected chi connectivity index (χ2v) is 5.19. The molecular formula is C13H19N3O. The van der Waals surface area contributed by atoms with Crippen molar-refractivity contribution in [2.45, 2.75) is 50.2 Å². The van der Waals surface area contributed by atoms with Gasteiger partial charge >= 0.3 is 0 Å². The fraction of sp³-hybridized carbons (Fsp3) is 0.692. The predicted molar refractivity (Wildman–Crippen MR) is 65.8 cm³/mol. The van der Waals surface area contributed by atoms with Gasteiger partial charge in [0.15, 0.2) is 0 Å². The molecular weight excluding hydrogens is 214 g/mol. The topological polar surface area (TPSA) is 47.0 Å². The van der Waals surface area contributed by atoms with Crippen LogP contribution in [0.5, 0.6) is 0 Å². The maximum absolute atomic E-state index is 6.06. The molecule has 1 spiro atoms. The Balaban J connectivity index is 1.60. The van der Waals surface area contributed by atoms with E-state index in [9.17, 15) is 0 Å². The van der Waals surface area contributed by atoms with Crippen molar-refractivity contribution < 1.29 is 4.74 Å². The van der Waals surface area contributed by atoms with Crippen molar-refractivity contribution >= 4 is 5.82 Å². The molecule has 1 N–H and O–H groups in total. The Kier molecular flexibility index (Phi) is 2.97. The van der Waals surface area contributed by atoms with Gasteiger partial charge in [-0.25, -0.2) is 4.98 Å². The molecule has 1 aromatic heterocycles. The molecule has 92 valence electrons. The van der Waals surface area contributed by atoms with Crippen LogP contribution in [-0.4, -0.2) is 28.2 Å². The summed E-state index contributed by atoms with van der Waals surface area (Å²) in [5.74, 6) is 0.856. The molecule has 3 rings (SSSR count). The molecule has 1 aliphatic carbocycles. The van der Waals surface area contributed by atoms with Gasteiger partial charge in [-0.05, 0) is 19.3 Å². The molecule has 0 aromatic carbocycles. The van der Waals surface area contributed by atoms with Gasteiger partial charge in [0.05, 0.1) is 24.4 Å². The Morgan fingerprint density at radius 3 is 2.88 bits per heavy atom. The first-order valence-electron chi connectivity index (χ1n) is 6.53. The molecule has 1 unspecified atom stereocenters. The lowest BCUT2D eigenvalue weighted by Gasteiger charge is -2.32. The molecule has 0 amide bonds. The first kappa shape index (κ1) is 11.0. The number of hydrogen-bond acceptors (Lipinski definition) is 4. The minimum absolute atomic E-state index is 0.165. The van der Waals surface area contributed by atoms with Crippen LogP contribution < -0.4 is 5.32 Å². The van der Waals surface area contributed by atoms with Gasteiger partial charge in [0, 0.05) is 12.4 Å². The van der Waals surface area contributed by atoms with E-state index >= 15 is 0 Å². The van der Waals surface area contributed by atoms with Crippen LogP contribution in [0.25, 0.3) is 0 Å². The van der Waals surface area contributed by atoms with Gasteiger partial charge < -0.3 is 10.1 Å². The summed E-state index contributed by atoms with van der Waals surface area (Å²) in [6, 6.07) is 0.393. The number of aromatic nitrogens is 2. The molecule has 2 fully saturated rings. The highest BCUT2D eigenvalue weighted by Crippen LogP contribution is 2.39. The minimum Gasteiger partial charge on any atom is -0.373 e. The quantitative estimate of drug-likeness (QED) is 0.852. The van der Waals surface area contributed by atoms with Crippen LogP contribution in [0.1, 0.15) is 38.5 Å². The van der Waals surface area contributed by atoms with Crippen LogP contribution in [0.4, 0.5) is 5.82 Å². The first-order valence-corrected chi connectivity index (χ1v) is 6.53. The maximum Gasteiger partial charge on any atom is 0.144 e. The third-order valence-electron chi connectivity index (χ3n) is 3.89. The first-order chi connectivity index (χ1) is 8.36. The highest BCUT2D eigenvalue weighted by Gasteiger charge is 2.41. The fourth-order valence-electron chi connectivity index (χ4n) is 3.06. The summed E-state index contributed by atoms with van der Waals surface area (Å²) in [6.07, 6.45) is 12.8. The Morgan fingerprint density at radius 2 is 2.12 bits per heavy atom. The highest BCUT2D eigenvalue weighted by molar-refractivity contribution is 5.32. The molecule has 4 nitrogen and oxygen atoms in total. The third kappa shape index (κ3) is 2.41. The maximum atomic E-state index is 6.06. The molecule has 4 heteroatoms. The Bertz CT molecular complexity index is 362. The third-order valence-corrected chi connectivity index (χ3v) is 3.89. The zero-order valence-corrected chi connectivity index (χ0v) is 10.1. The van der Waals surface area contributed by atoms with Crippen molar-refractivity contribution in [1.82, 2.24) is 9.97 Å². The summed E-state index contributed by atoms with van der Waals surface area (Å²) in [4.78, 5) is 8.31. The molecule has 0 radical (unpaired) electrons. The van der Waals surface area contributed by atoms with Gasteiger partial charge in [0.1, 0.15) is 5.82 Å². The van der Waals surface area contributed by atoms with E-state index in [1.54, 1.807) is 18.6 Å². The zero-order chi connectivity index (χ0) is 11.6.